The number of nitrogens with zero attached hydrogens (tertiary/aromatic N) is 4. The molecule has 5 nitrogen and oxygen atoms in total. The Balaban J connectivity index is 1.00. The zero-order valence-electron chi connectivity index (χ0n) is 45.9. The molecule has 0 radical (unpaired) electrons. The lowest BCUT2D eigenvalue weighted by Gasteiger charge is -2.34. The molecule has 11 rings (SSSR count). The quantitative estimate of drug-likeness (QED) is 0.152. The third-order valence-corrected chi connectivity index (χ3v) is 15.0. The molecule has 0 amide bonds. The summed E-state index contributed by atoms with van der Waals surface area (Å²) in [4.78, 5) is 10.0. The van der Waals surface area contributed by atoms with Crippen LogP contribution in [0.5, 0.6) is 11.5 Å². The van der Waals surface area contributed by atoms with Crippen LogP contribution in [-0.2, 0) is 21.7 Å². The zero-order chi connectivity index (χ0) is 52.6. The maximum Gasteiger partial charge on any atom is 0.138 e. The summed E-state index contributed by atoms with van der Waals surface area (Å²) in [6.07, 6.45) is 1.99. The number of para-hydroxylation sites is 2. The number of pyridine rings is 1. The van der Waals surface area contributed by atoms with Crippen molar-refractivity contribution in [2.24, 2.45) is 0 Å². The van der Waals surface area contributed by atoms with Crippen LogP contribution >= 0.6 is 0 Å². The Kier molecular flexibility index (Phi) is 12.2. The van der Waals surface area contributed by atoms with Crippen LogP contribution in [-0.4, -0.2) is 16.2 Å². The summed E-state index contributed by atoms with van der Waals surface area (Å²) in [6, 6.07) is 68.4. The molecule has 2 aromatic heterocycles. The van der Waals surface area contributed by atoms with Crippen molar-refractivity contribution >= 4 is 44.6 Å². The van der Waals surface area contributed by atoms with Crippen molar-refractivity contribution in [3.05, 3.63) is 217 Å². The summed E-state index contributed by atoms with van der Waals surface area (Å²) >= 11 is 0. The predicted octanol–water partition coefficient (Wildman–Crippen LogP) is 19.4. The second-order valence-corrected chi connectivity index (χ2v) is 24.7. The lowest BCUT2D eigenvalue weighted by molar-refractivity contribution is 0.483. The van der Waals surface area contributed by atoms with Gasteiger partial charge in [0.2, 0.25) is 0 Å². The smallest absolute Gasteiger partial charge is 0.138 e. The van der Waals surface area contributed by atoms with Crippen molar-refractivity contribution in [2.45, 2.75) is 105 Å². The molecule has 0 aliphatic carbocycles. The first kappa shape index (κ1) is 49.3. The first-order chi connectivity index (χ1) is 35.7. The van der Waals surface area contributed by atoms with Crippen LogP contribution in [0.2, 0.25) is 0 Å². The topological polar surface area (TPSA) is 33.5 Å². The standard InChI is InChI=1S/C70H70N4O/c1-67(2,3)51-36-50(47-24-17-14-18-25-47)37-54(40-51)73-45-72(62-28-19-20-29-63(62)73)53-26-21-27-55(43-53)75-56-31-32-57-58-38-48(46-22-15-13-16-23-46)30-33-61(58)74(64(57)44-56)65-39-49(34-35-71-65)66-59(69(7,8)9)41-52(68(4,5)6)42-60(66)70(10,11)12/h13-44H,45H2,1-12H3. The summed E-state index contributed by atoms with van der Waals surface area (Å²) in [5.41, 5.74) is 19.0. The molecule has 0 bridgehead atoms. The van der Waals surface area contributed by atoms with E-state index in [1.54, 1.807) is 0 Å². The van der Waals surface area contributed by atoms with Crippen LogP contribution in [0.1, 0.15) is 105 Å². The average Bonchev–Trinajstić information content (AvgIpc) is 3.97. The number of fused-ring (bicyclic) bond motifs is 4. The Morgan fingerprint density at radius 2 is 0.973 bits per heavy atom. The zero-order valence-corrected chi connectivity index (χ0v) is 45.9. The minimum atomic E-state index is -0.105. The van der Waals surface area contributed by atoms with Gasteiger partial charge in [-0.25, -0.2) is 4.98 Å². The molecule has 0 N–H and O–H groups in total. The Morgan fingerprint density at radius 1 is 0.387 bits per heavy atom. The highest BCUT2D eigenvalue weighted by Crippen LogP contribution is 2.48. The first-order valence-electron chi connectivity index (χ1n) is 26.6. The molecule has 5 heteroatoms. The van der Waals surface area contributed by atoms with Crippen molar-refractivity contribution in [2.75, 3.05) is 16.5 Å². The molecule has 0 fully saturated rings. The summed E-state index contributed by atoms with van der Waals surface area (Å²) < 4.78 is 9.28. The van der Waals surface area contributed by atoms with Gasteiger partial charge >= 0.3 is 0 Å². The number of hydrogen-bond donors (Lipinski definition) is 0. The second-order valence-electron chi connectivity index (χ2n) is 24.7. The van der Waals surface area contributed by atoms with Crippen LogP contribution in [0.15, 0.2) is 194 Å². The van der Waals surface area contributed by atoms with Gasteiger partial charge in [-0.3, -0.25) is 4.57 Å². The van der Waals surface area contributed by atoms with Crippen LogP contribution < -0.4 is 14.5 Å². The Bertz CT molecular complexity index is 3730. The van der Waals surface area contributed by atoms with Gasteiger partial charge in [0.25, 0.3) is 0 Å². The molecule has 3 heterocycles. The van der Waals surface area contributed by atoms with Crippen LogP contribution in [0.25, 0.3) is 61.0 Å². The van der Waals surface area contributed by atoms with Crippen molar-refractivity contribution in [3.8, 4) is 50.7 Å². The molecule has 0 unspecified atom stereocenters. The van der Waals surface area contributed by atoms with Gasteiger partial charge in [-0.05, 0) is 150 Å². The van der Waals surface area contributed by atoms with Crippen molar-refractivity contribution in [1.29, 1.82) is 0 Å². The Morgan fingerprint density at radius 3 is 1.60 bits per heavy atom. The fourth-order valence-electron chi connectivity index (χ4n) is 10.9. The minimum absolute atomic E-state index is 0.00171. The van der Waals surface area contributed by atoms with Crippen LogP contribution in [0.4, 0.5) is 22.7 Å². The second kappa shape index (κ2) is 18.5. The van der Waals surface area contributed by atoms with Crippen molar-refractivity contribution in [1.82, 2.24) is 9.55 Å². The summed E-state index contributed by atoms with van der Waals surface area (Å²) in [6.45, 7) is 28.6. The van der Waals surface area contributed by atoms with E-state index in [9.17, 15) is 0 Å². The van der Waals surface area contributed by atoms with Gasteiger partial charge in [0.05, 0.1) is 22.4 Å². The third kappa shape index (κ3) is 9.50. The van der Waals surface area contributed by atoms with Gasteiger partial charge in [-0.2, -0.15) is 0 Å². The summed E-state index contributed by atoms with van der Waals surface area (Å²) in [7, 11) is 0. The lowest BCUT2D eigenvalue weighted by Crippen LogP contribution is -2.24. The highest BCUT2D eigenvalue weighted by Gasteiger charge is 2.32. The number of aromatic nitrogens is 2. The molecule has 8 aromatic carbocycles. The van der Waals surface area contributed by atoms with Gasteiger partial charge in [-0.15, -0.1) is 0 Å². The van der Waals surface area contributed by atoms with Crippen molar-refractivity contribution < 1.29 is 4.74 Å². The maximum absolute atomic E-state index is 6.95. The Labute approximate surface area is 445 Å². The predicted molar refractivity (Wildman–Crippen MR) is 318 cm³/mol. The van der Waals surface area contributed by atoms with E-state index < -0.39 is 0 Å². The van der Waals surface area contributed by atoms with Gasteiger partial charge in [0, 0.05) is 40.5 Å². The normalized spacial score (nSPS) is 13.2. The first-order valence-corrected chi connectivity index (χ1v) is 26.6. The van der Waals surface area contributed by atoms with Crippen LogP contribution in [0, 0.1) is 0 Å². The van der Waals surface area contributed by atoms with E-state index >= 15 is 0 Å². The van der Waals surface area contributed by atoms with E-state index in [-0.39, 0.29) is 21.7 Å². The Hall–Kier alpha value is -7.89. The highest BCUT2D eigenvalue weighted by atomic mass is 16.5. The van der Waals surface area contributed by atoms with Gasteiger partial charge in [0.15, 0.2) is 0 Å². The molecule has 10 aromatic rings. The van der Waals surface area contributed by atoms with E-state index in [1.807, 2.05) is 6.20 Å². The molecule has 0 atom stereocenters. The SMILES string of the molecule is CC(C)(C)c1cc(-c2ccccc2)cc(N2CN(c3cccc(Oc4ccc5c6cc(-c7ccccc7)ccc6n(-c6cc(-c7c(C(C)(C)C)cc(C(C)(C)C)cc7C(C)(C)C)ccn6)c5c4)c3)c3ccccc32)c1. The molecule has 75 heavy (non-hydrogen) atoms. The van der Waals surface area contributed by atoms with E-state index in [4.69, 9.17) is 9.72 Å². The number of anilines is 4. The number of rotatable bonds is 8. The molecular weight excluding hydrogens is 913 g/mol. The maximum atomic E-state index is 6.95. The molecular formula is C70H70N4O. The monoisotopic (exact) mass is 983 g/mol. The van der Waals surface area contributed by atoms with Crippen molar-refractivity contribution in [3.63, 3.8) is 0 Å². The van der Waals surface area contributed by atoms with E-state index in [0.717, 1.165) is 56.1 Å². The molecule has 0 saturated heterocycles. The summed E-state index contributed by atoms with van der Waals surface area (Å²) in [5.74, 6) is 2.38. The highest BCUT2D eigenvalue weighted by molar-refractivity contribution is 6.11. The molecule has 1 aliphatic rings. The summed E-state index contributed by atoms with van der Waals surface area (Å²) in [5, 5.41) is 2.30. The fourth-order valence-corrected chi connectivity index (χ4v) is 10.9. The largest absolute Gasteiger partial charge is 0.457 e. The van der Waals surface area contributed by atoms with Gasteiger partial charge in [-0.1, -0.05) is 186 Å². The fraction of sp³-hybridized carbons (Fsp3) is 0.243. The van der Waals surface area contributed by atoms with Gasteiger partial charge < -0.3 is 14.5 Å². The molecule has 0 saturated carbocycles. The molecule has 1 aliphatic heterocycles. The average molecular weight is 983 g/mol. The number of benzene rings is 8. The van der Waals surface area contributed by atoms with Crippen LogP contribution in [0.3, 0.4) is 0 Å². The molecule has 0 spiro atoms. The molecule has 376 valence electrons. The number of ether oxygens (including phenoxy) is 1. The minimum Gasteiger partial charge on any atom is -0.457 e. The van der Waals surface area contributed by atoms with Gasteiger partial charge in [0.1, 0.15) is 24.0 Å². The van der Waals surface area contributed by atoms with E-state index in [0.29, 0.717) is 6.67 Å². The number of hydrogen-bond acceptors (Lipinski definition) is 4. The lowest BCUT2D eigenvalue weighted by atomic mass is 9.71. The van der Waals surface area contributed by atoms with E-state index in [1.165, 1.54) is 61.4 Å². The third-order valence-electron chi connectivity index (χ3n) is 15.0. The van der Waals surface area contributed by atoms with E-state index in [2.05, 4.69) is 286 Å².